The Morgan fingerprint density at radius 3 is 2.73 bits per heavy atom. The highest BCUT2D eigenvalue weighted by Crippen LogP contribution is 2.26. The lowest BCUT2D eigenvalue weighted by atomic mass is 10.2. The van der Waals surface area contributed by atoms with Crippen LogP contribution in [0.5, 0.6) is 0 Å². The maximum Gasteiger partial charge on any atom is 0.338 e. The van der Waals surface area contributed by atoms with Gasteiger partial charge in [-0.2, -0.15) is 0 Å². The second kappa shape index (κ2) is 6.29. The number of thiophene rings is 1. The van der Waals surface area contributed by atoms with Gasteiger partial charge in [0.2, 0.25) is 0 Å². The normalized spacial score (nSPS) is 12.1. The van der Waals surface area contributed by atoms with Crippen LogP contribution in [0.15, 0.2) is 46.2 Å². The molecule has 0 spiro atoms. The highest BCUT2D eigenvalue weighted by molar-refractivity contribution is 7.13. The van der Waals surface area contributed by atoms with Crippen molar-refractivity contribution in [1.82, 2.24) is 10.2 Å². The summed E-state index contributed by atoms with van der Waals surface area (Å²) in [7, 11) is 0. The van der Waals surface area contributed by atoms with Gasteiger partial charge in [0, 0.05) is 5.02 Å². The number of ether oxygens (including phenoxy) is 1. The van der Waals surface area contributed by atoms with E-state index in [1.165, 1.54) is 11.3 Å². The molecular weight excluding hydrogens is 324 g/mol. The Hall–Kier alpha value is -2.18. The molecule has 0 aliphatic heterocycles. The Kier molecular flexibility index (Phi) is 4.22. The van der Waals surface area contributed by atoms with Crippen LogP contribution < -0.4 is 0 Å². The molecule has 5 nitrogen and oxygen atoms in total. The van der Waals surface area contributed by atoms with Gasteiger partial charge in [-0.05, 0) is 42.6 Å². The average molecular weight is 335 g/mol. The predicted molar refractivity (Wildman–Crippen MR) is 82.9 cm³/mol. The maximum atomic E-state index is 12.0. The van der Waals surface area contributed by atoms with E-state index in [4.69, 9.17) is 20.8 Å². The minimum absolute atomic E-state index is 0.255. The molecule has 1 atom stereocenters. The number of hydrogen-bond donors (Lipinski definition) is 0. The molecular formula is C15H11ClN2O3S. The number of hydrogen-bond acceptors (Lipinski definition) is 6. The van der Waals surface area contributed by atoms with Gasteiger partial charge in [0.05, 0.1) is 10.4 Å². The van der Waals surface area contributed by atoms with E-state index in [1.807, 2.05) is 17.5 Å². The van der Waals surface area contributed by atoms with Gasteiger partial charge in [0.25, 0.3) is 11.8 Å². The minimum Gasteiger partial charge on any atom is -0.449 e. The zero-order chi connectivity index (χ0) is 15.5. The van der Waals surface area contributed by atoms with Crippen molar-refractivity contribution >= 4 is 28.9 Å². The second-order valence-electron chi connectivity index (χ2n) is 4.48. The molecule has 0 fully saturated rings. The fourth-order valence-corrected chi connectivity index (χ4v) is 2.53. The quantitative estimate of drug-likeness (QED) is 0.663. The average Bonchev–Trinajstić information content (AvgIpc) is 3.19. The van der Waals surface area contributed by atoms with Crippen molar-refractivity contribution in [2.24, 2.45) is 0 Å². The molecule has 2 heterocycles. The van der Waals surface area contributed by atoms with Crippen LogP contribution in [0.1, 0.15) is 29.3 Å². The molecule has 0 radical (unpaired) electrons. The molecule has 0 N–H and O–H groups in total. The molecule has 7 heteroatoms. The summed E-state index contributed by atoms with van der Waals surface area (Å²) in [5, 5.41) is 10.4. The van der Waals surface area contributed by atoms with E-state index in [0.717, 1.165) is 4.88 Å². The summed E-state index contributed by atoms with van der Waals surface area (Å²) in [6, 6.07) is 10.2. The lowest BCUT2D eigenvalue weighted by Gasteiger charge is -2.09. The third-order valence-corrected chi connectivity index (χ3v) is 3.99. The van der Waals surface area contributed by atoms with Gasteiger partial charge in [-0.1, -0.05) is 17.7 Å². The summed E-state index contributed by atoms with van der Waals surface area (Å²) >= 11 is 7.28. The molecule has 0 saturated carbocycles. The van der Waals surface area contributed by atoms with E-state index in [-0.39, 0.29) is 5.89 Å². The summed E-state index contributed by atoms with van der Waals surface area (Å²) in [6.45, 7) is 1.68. The molecule has 0 aliphatic carbocycles. The lowest BCUT2D eigenvalue weighted by molar-refractivity contribution is 0.0280. The largest absolute Gasteiger partial charge is 0.449 e. The van der Waals surface area contributed by atoms with Crippen molar-refractivity contribution in [3.8, 4) is 10.8 Å². The maximum absolute atomic E-state index is 12.0. The van der Waals surface area contributed by atoms with Crippen LogP contribution in [-0.4, -0.2) is 16.2 Å². The molecule has 112 valence electrons. The van der Waals surface area contributed by atoms with Crippen LogP contribution in [0.25, 0.3) is 10.8 Å². The van der Waals surface area contributed by atoms with Crippen LogP contribution >= 0.6 is 22.9 Å². The molecule has 1 aromatic carbocycles. The Bertz CT molecular complexity index is 768. The molecule has 0 amide bonds. The molecule has 0 aliphatic rings. The van der Waals surface area contributed by atoms with Gasteiger partial charge < -0.3 is 9.15 Å². The number of carbonyl (C=O) groups excluding carboxylic acids is 1. The summed E-state index contributed by atoms with van der Waals surface area (Å²) < 4.78 is 10.9. The van der Waals surface area contributed by atoms with Crippen molar-refractivity contribution in [3.05, 3.63) is 58.3 Å². The van der Waals surface area contributed by atoms with Gasteiger partial charge in [-0.25, -0.2) is 4.79 Å². The van der Waals surface area contributed by atoms with Crippen molar-refractivity contribution in [1.29, 1.82) is 0 Å². The van der Waals surface area contributed by atoms with E-state index >= 15 is 0 Å². The third kappa shape index (κ3) is 3.18. The van der Waals surface area contributed by atoms with Crippen molar-refractivity contribution in [2.45, 2.75) is 13.0 Å². The first-order valence-corrected chi connectivity index (χ1v) is 7.73. The van der Waals surface area contributed by atoms with Gasteiger partial charge in [-0.15, -0.1) is 21.5 Å². The molecule has 22 heavy (non-hydrogen) atoms. The van der Waals surface area contributed by atoms with Gasteiger partial charge in [-0.3, -0.25) is 0 Å². The molecule has 0 unspecified atom stereocenters. The summed E-state index contributed by atoms with van der Waals surface area (Å²) in [5.74, 6) is 0.199. The molecule has 0 bridgehead atoms. The van der Waals surface area contributed by atoms with Gasteiger partial charge >= 0.3 is 5.97 Å². The van der Waals surface area contributed by atoms with Gasteiger partial charge in [0.1, 0.15) is 0 Å². The Labute approximate surface area is 135 Å². The first kappa shape index (κ1) is 14.7. The zero-order valence-corrected chi connectivity index (χ0v) is 13.1. The standard InChI is InChI=1S/C15H11ClN2O3S/c1-9(20-15(19)10-4-6-11(16)7-5-10)13-17-18-14(21-13)12-3-2-8-22-12/h2-9H,1H3/t9-/m0/s1. The van der Waals surface area contributed by atoms with E-state index in [0.29, 0.717) is 16.5 Å². The van der Waals surface area contributed by atoms with Crippen LogP contribution in [0, 0.1) is 0 Å². The summed E-state index contributed by atoms with van der Waals surface area (Å²) in [6.07, 6.45) is -0.635. The van der Waals surface area contributed by atoms with E-state index in [1.54, 1.807) is 31.2 Å². The lowest BCUT2D eigenvalue weighted by Crippen LogP contribution is -2.09. The Morgan fingerprint density at radius 2 is 2.05 bits per heavy atom. The van der Waals surface area contributed by atoms with Crippen molar-refractivity contribution in [3.63, 3.8) is 0 Å². The predicted octanol–water partition coefficient (Wildman–Crippen LogP) is 4.37. The van der Waals surface area contributed by atoms with E-state index in [2.05, 4.69) is 10.2 Å². The highest BCUT2D eigenvalue weighted by atomic mass is 35.5. The third-order valence-electron chi connectivity index (χ3n) is 2.88. The molecule has 0 saturated heterocycles. The Balaban J connectivity index is 1.70. The fraction of sp³-hybridized carbons (Fsp3) is 0.133. The van der Waals surface area contributed by atoms with Crippen LogP contribution in [0.3, 0.4) is 0 Å². The van der Waals surface area contributed by atoms with E-state index < -0.39 is 12.1 Å². The number of esters is 1. The number of aromatic nitrogens is 2. The smallest absolute Gasteiger partial charge is 0.338 e. The first-order valence-electron chi connectivity index (χ1n) is 6.47. The van der Waals surface area contributed by atoms with Crippen molar-refractivity contribution in [2.75, 3.05) is 0 Å². The second-order valence-corrected chi connectivity index (χ2v) is 5.86. The SMILES string of the molecule is C[C@H](OC(=O)c1ccc(Cl)cc1)c1nnc(-c2cccs2)o1. The number of halogens is 1. The molecule has 3 aromatic rings. The topological polar surface area (TPSA) is 65.2 Å². The molecule has 3 rings (SSSR count). The monoisotopic (exact) mass is 334 g/mol. The highest BCUT2D eigenvalue weighted by Gasteiger charge is 2.20. The summed E-state index contributed by atoms with van der Waals surface area (Å²) in [4.78, 5) is 12.9. The minimum atomic E-state index is -0.635. The Morgan fingerprint density at radius 1 is 1.27 bits per heavy atom. The van der Waals surface area contributed by atoms with Gasteiger partial charge in [0.15, 0.2) is 6.10 Å². The van der Waals surface area contributed by atoms with Crippen molar-refractivity contribution < 1.29 is 13.9 Å². The number of nitrogens with zero attached hydrogens (tertiary/aromatic N) is 2. The number of carbonyl (C=O) groups is 1. The summed E-state index contributed by atoms with van der Waals surface area (Å²) in [5.41, 5.74) is 0.411. The van der Waals surface area contributed by atoms with Crippen LogP contribution in [0.4, 0.5) is 0 Å². The number of benzene rings is 1. The molecule has 2 aromatic heterocycles. The van der Waals surface area contributed by atoms with Crippen LogP contribution in [0.2, 0.25) is 5.02 Å². The fourth-order valence-electron chi connectivity index (χ4n) is 1.76. The number of rotatable bonds is 4. The first-order chi connectivity index (χ1) is 10.6. The van der Waals surface area contributed by atoms with Crippen LogP contribution in [-0.2, 0) is 4.74 Å². The van der Waals surface area contributed by atoms with E-state index in [9.17, 15) is 4.79 Å². The zero-order valence-electron chi connectivity index (χ0n) is 11.5.